The van der Waals surface area contributed by atoms with Gasteiger partial charge in [-0.1, -0.05) is 20.8 Å². The van der Waals surface area contributed by atoms with Crippen LogP contribution in [-0.2, 0) is 0 Å². The average molecular weight is 262 g/mol. The molecule has 1 heterocycles. The number of rotatable bonds is 2. The first-order valence-corrected chi connectivity index (χ1v) is 7.16. The first-order chi connectivity index (χ1) is 8.91. The van der Waals surface area contributed by atoms with E-state index < -0.39 is 0 Å². The van der Waals surface area contributed by atoms with Crippen LogP contribution in [0, 0.1) is 11.3 Å². The van der Waals surface area contributed by atoms with Crippen molar-refractivity contribution in [2.45, 2.75) is 52.0 Å². The minimum absolute atomic E-state index is 0.243. The van der Waals surface area contributed by atoms with Crippen molar-refractivity contribution >= 4 is 0 Å². The van der Waals surface area contributed by atoms with Gasteiger partial charge in [-0.2, -0.15) is 0 Å². The summed E-state index contributed by atoms with van der Waals surface area (Å²) < 4.78 is 5.27. The maximum Gasteiger partial charge on any atom is 0.137 e. The number of methoxy groups -OCH3 is 1. The molecule has 1 aromatic rings. The maximum atomic E-state index is 6.34. The largest absolute Gasteiger partial charge is 0.495 e. The number of pyridine rings is 1. The molecule has 106 valence electrons. The molecule has 2 rings (SSSR count). The lowest BCUT2D eigenvalue weighted by Crippen LogP contribution is -2.38. The fraction of sp³-hybridized carbons (Fsp3) is 0.688. The number of aromatic nitrogens is 1. The van der Waals surface area contributed by atoms with Gasteiger partial charge < -0.3 is 10.5 Å². The Hall–Kier alpha value is -1.09. The van der Waals surface area contributed by atoms with E-state index in [4.69, 9.17) is 10.5 Å². The van der Waals surface area contributed by atoms with Gasteiger partial charge in [-0.05, 0) is 42.2 Å². The predicted octanol–water partition coefficient (Wildman–Crippen LogP) is 3.35. The molecule has 3 nitrogen and oxygen atoms in total. The van der Waals surface area contributed by atoms with Crippen molar-refractivity contribution in [3.63, 3.8) is 0 Å². The molecule has 3 heteroatoms. The van der Waals surface area contributed by atoms with Gasteiger partial charge in [0.2, 0.25) is 0 Å². The summed E-state index contributed by atoms with van der Waals surface area (Å²) in [6.45, 7) is 6.99. The Morgan fingerprint density at radius 1 is 1.26 bits per heavy atom. The van der Waals surface area contributed by atoms with Crippen LogP contribution in [0.2, 0.25) is 0 Å². The quantitative estimate of drug-likeness (QED) is 0.889. The standard InChI is InChI=1S/C16H26N2O/c1-16(2,3)12-5-6-15(17)14(8-12)11-7-13(19-4)10-18-9-11/h7,9-10,12,14-15H,5-6,8,17H2,1-4H3. The van der Waals surface area contributed by atoms with Gasteiger partial charge in [0.15, 0.2) is 0 Å². The van der Waals surface area contributed by atoms with E-state index in [9.17, 15) is 0 Å². The molecule has 3 unspecified atom stereocenters. The van der Waals surface area contributed by atoms with Gasteiger partial charge in [-0.15, -0.1) is 0 Å². The Balaban J connectivity index is 2.21. The zero-order valence-electron chi connectivity index (χ0n) is 12.5. The molecule has 1 aliphatic carbocycles. The van der Waals surface area contributed by atoms with Crippen LogP contribution in [0.15, 0.2) is 18.5 Å². The SMILES string of the molecule is COc1cncc(C2CC(C(C)(C)C)CCC2N)c1. The predicted molar refractivity (Wildman–Crippen MR) is 78.3 cm³/mol. The van der Waals surface area contributed by atoms with Crippen molar-refractivity contribution in [1.29, 1.82) is 0 Å². The van der Waals surface area contributed by atoms with Gasteiger partial charge in [-0.25, -0.2) is 0 Å². The molecule has 1 fully saturated rings. The minimum atomic E-state index is 0.243. The smallest absolute Gasteiger partial charge is 0.137 e. The van der Waals surface area contributed by atoms with Crippen molar-refractivity contribution in [3.8, 4) is 5.75 Å². The lowest BCUT2D eigenvalue weighted by molar-refractivity contribution is 0.153. The van der Waals surface area contributed by atoms with E-state index in [0.29, 0.717) is 11.3 Å². The van der Waals surface area contributed by atoms with Crippen LogP contribution in [0.5, 0.6) is 5.75 Å². The van der Waals surface area contributed by atoms with Crippen LogP contribution in [0.25, 0.3) is 0 Å². The fourth-order valence-electron chi connectivity index (χ4n) is 3.11. The average Bonchev–Trinajstić information content (AvgIpc) is 2.38. The monoisotopic (exact) mass is 262 g/mol. The zero-order chi connectivity index (χ0) is 14.0. The second-order valence-electron chi connectivity index (χ2n) is 6.80. The Bertz CT molecular complexity index is 425. The summed E-state index contributed by atoms with van der Waals surface area (Å²) in [5, 5.41) is 0. The molecule has 2 N–H and O–H groups in total. The molecule has 19 heavy (non-hydrogen) atoms. The van der Waals surface area contributed by atoms with Crippen LogP contribution >= 0.6 is 0 Å². The number of ether oxygens (including phenoxy) is 1. The minimum Gasteiger partial charge on any atom is -0.495 e. The van der Waals surface area contributed by atoms with E-state index >= 15 is 0 Å². The summed E-state index contributed by atoms with van der Waals surface area (Å²) >= 11 is 0. The highest BCUT2D eigenvalue weighted by molar-refractivity contribution is 5.28. The van der Waals surface area contributed by atoms with Crippen molar-refractivity contribution in [2.24, 2.45) is 17.1 Å². The summed E-state index contributed by atoms with van der Waals surface area (Å²) in [6, 6.07) is 2.33. The Morgan fingerprint density at radius 3 is 2.63 bits per heavy atom. The van der Waals surface area contributed by atoms with Gasteiger partial charge in [0, 0.05) is 18.2 Å². The summed E-state index contributed by atoms with van der Waals surface area (Å²) in [7, 11) is 1.68. The summed E-state index contributed by atoms with van der Waals surface area (Å²) in [6.07, 6.45) is 7.18. The highest BCUT2D eigenvalue weighted by Crippen LogP contribution is 2.43. The third kappa shape index (κ3) is 3.27. The third-order valence-corrected chi connectivity index (χ3v) is 4.53. The molecular weight excluding hydrogens is 236 g/mol. The van der Waals surface area contributed by atoms with Gasteiger partial charge >= 0.3 is 0 Å². The lowest BCUT2D eigenvalue weighted by atomic mass is 9.66. The molecule has 0 aliphatic heterocycles. The molecule has 1 aliphatic rings. The van der Waals surface area contributed by atoms with Crippen molar-refractivity contribution in [1.82, 2.24) is 4.98 Å². The molecule has 1 saturated carbocycles. The second kappa shape index (κ2) is 5.49. The molecule has 0 saturated heterocycles. The molecule has 0 bridgehead atoms. The normalized spacial score (nSPS) is 28.2. The molecular formula is C16H26N2O. The molecule has 0 spiro atoms. The lowest BCUT2D eigenvalue weighted by Gasteiger charge is -2.40. The Labute approximate surface area is 116 Å². The van der Waals surface area contributed by atoms with E-state index in [1.165, 1.54) is 12.0 Å². The first kappa shape index (κ1) is 14.3. The maximum absolute atomic E-state index is 6.34. The molecule has 0 radical (unpaired) electrons. The highest BCUT2D eigenvalue weighted by atomic mass is 16.5. The summed E-state index contributed by atoms with van der Waals surface area (Å²) in [4.78, 5) is 4.27. The topological polar surface area (TPSA) is 48.1 Å². The molecule has 1 aromatic heterocycles. The van der Waals surface area contributed by atoms with Gasteiger partial charge in [-0.3, -0.25) is 4.98 Å². The number of hydrogen-bond donors (Lipinski definition) is 1. The first-order valence-electron chi connectivity index (χ1n) is 7.16. The van der Waals surface area contributed by atoms with Crippen molar-refractivity contribution in [2.75, 3.05) is 7.11 Å². The zero-order valence-corrected chi connectivity index (χ0v) is 12.5. The summed E-state index contributed by atoms with van der Waals surface area (Å²) in [5.41, 5.74) is 7.91. The van der Waals surface area contributed by atoms with E-state index in [1.54, 1.807) is 13.3 Å². The summed E-state index contributed by atoms with van der Waals surface area (Å²) in [5.74, 6) is 1.95. The Kier molecular flexibility index (Phi) is 4.14. The van der Waals surface area contributed by atoms with Gasteiger partial charge in [0.25, 0.3) is 0 Å². The van der Waals surface area contributed by atoms with Gasteiger partial charge in [0.05, 0.1) is 13.3 Å². The van der Waals surface area contributed by atoms with Crippen LogP contribution in [0.1, 0.15) is 51.5 Å². The third-order valence-electron chi connectivity index (χ3n) is 4.53. The van der Waals surface area contributed by atoms with E-state index in [0.717, 1.165) is 24.5 Å². The molecule has 0 aromatic carbocycles. The second-order valence-corrected chi connectivity index (χ2v) is 6.80. The van der Waals surface area contributed by atoms with Gasteiger partial charge in [0.1, 0.15) is 5.75 Å². The van der Waals surface area contributed by atoms with Crippen LogP contribution in [0.4, 0.5) is 0 Å². The molecule has 0 amide bonds. The highest BCUT2D eigenvalue weighted by Gasteiger charge is 2.35. The van der Waals surface area contributed by atoms with E-state index in [-0.39, 0.29) is 6.04 Å². The Morgan fingerprint density at radius 2 is 2.00 bits per heavy atom. The van der Waals surface area contributed by atoms with Crippen LogP contribution < -0.4 is 10.5 Å². The number of nitrogens with two attached hydrogens (primary N) is 1. The number of nitrogens with zero attached hydrogens (tertiary/aromatic N) is 1. The molecule has 3 atom stereocenters. The van der Waals surface area contributed by atoms with E-state index in [1.807, 2.05) is 6.20 Å². The van der Waals surface area contributed by atoms with Crippen molar-refractivity contribution in [3.05, 3.63) is 24.0 Å². The fourth-order valence-corrected chi connectivity index (χ4v) is 3.11. The number of hydrogen-bond acceptors (Lipinski definition) is 3. The van der Waals surface area contributed by atoms with Crippen molar-refractivity contribution < 1.29 is 4.74 Å². The van der Waals surface area contributed by atoms with Crippen LogP contribution in [0.3, 0.4) is 0 Å². The van der Waals surface area contributed by atoms with E-state index in [2.05, 4.69) is 31.8 Å². The van der Waals surface area contributed by atoms with Crippen LogP contribution in [-0.4, -0.2) is 18.1 Å².